The summed E-state index contributed by atoms with van der Waals surface area (Å²) >= 11 is 0. The van der Waals surface area contributed by atoms with E-state index < -0.39 is 5.97 Å². The normalized spacial score (nSPS) is 10.4. The van der Waals surface area contributed by atoms with Crippen molar-refractivity contribution in [3.63, 3.8) is 0 Å². The van der Waals surface area contributed by atoms with Crippen molar-refractivity contribution in [2.24, 2.45) is 0 Å². The molecule has 0 atom stereocenters. The van der Waals surface area contributed by atoms with Crippen LogP contribution in [-0.2, 0) is 22.4 Å². The minimum Gasteiger partial charge on any atom is -0.482 e. The molecule has 2 aromatic carbocycles. The van der Waals surface area contributed by atoms with Gasteiger partial charge in [0.2, 0.25) is 5.91 Å². The number of benzene rings is 2. The summed E-state index contributed by atoms with van der Waals surface area (Å²) in [5, 5.41) is 11.5. The maximum absolute atomic E-state index is 12.2. The molecular weight excluding hydrogens is 330 g/mol. The van der Waals surface area contributed by atoms with Crippen molar-refractivity contribution >= 4 is 11.9 Å². The van der Waals surface area contributed by atoms with Crippen LogP contribution in [0.15, 0.2) is 36.4 Å². The van der Waals surface area contributed by atoms with Crippen LogP contribution in [0.2, 0.25) is 0 Å². The van der Waals surface area contributed by atoms with Gasteiger partial charge in [-0.2, -0.15) is 0 Å². The number of carbonyl (C=O) groups is 2. The number of hydrogen-bond acceptors (Lipinski definition) is 3. The summed E-state index contributed by atoms with van der Waals surface area (Å²) in [6, 6.07) is 11.4. The van der Waals surface area contributed by atoms with Crippen molar-refractivity contribution < 1.29 is 19.4 Å². The molecule has 0 bridgehead atoms. The van der Waals surface area contributed by atoms with Crippen LogP contribution in [0.5, 0.6) is 5.75 Å². The Hall–Kier alpha value is -2.82. The Morgan fingerprint density at radius 1 is 1.04 bits per heavy atom. The van der Waals surface area contributed by atoms with Gasteiger partial charge in [-0.25, -0.2) is 4.79 Å². The van der Waals surface area contributed by atoms with Crippen molar-refractivity contribution in [3.8, 4) is 5.75 Å². The van der Waals surface area contributed by atoms with Gasteiger partial charge in [0.25, 0.3) is 0 Å². The highest BCUT2D eigenvalue weighted by Gasteiger charge is 2.09. The van der Waals surface area contributed by atoms with Gasteiger partial charge in [0, 0.05) is 6.54 Å². The van der Waals surface area contributed by atoms with E-state index in [9.17, 15) is 9.59 Å². The average molecular weight is 355 g/mol. The Kier molecular flexibility index (Phi) is 6.78. The number of amides is 1. The van der Waals surface area contributed by atoms with E-state index in [-0.39, 0.29) is 12.5 Å². The van der Waals surface area contributed by atoms with Gasteiger partial charge in [0.15, 0.2) is 6.61 Å². The topological polar surface area (TPSA) is 75.6 Å². The lowest BCUT2D eigenvalue weighted by molar-refractivity contribution is -0.139. The van der Waals surface area contributed by atoms with Crippen LogP contribution in [-0.4, -0.2) is 30.1 Å². The summed E-state index contributed by atoms with van der Waals surface area (Å²) in [6.07, 6.45) is 1.09. The number of ether oxygens (including phenoxy) is 1. The third-order valence-corrected chi connectivity index (χ3v) is 4.20. The average Bonchev–Trinajstić information content (AvgIpc) is 2.57. The predicted molar refractivity (Wildman–Crippen MR) is 101 cm³/mol. The first-order valence-corrected chi connectivity index (χ1v) is 8.62. The zero-order valence-electron chi connectivity index (χ0n) is 15.5. The van der Waals surface area contributed by atoms with Crippen molar-refractivity contribution in [3.05, 3.63) is 64.2 Å². The van der Waals surface area contributed by atoms with E-state index >= 15 is 0 Å². The molecular formula is C21H25NO4. The zero-order valence-corrected chi connectivity index (χ0v) is 15.5. The number of aliphatic carboxylic acids is 1. The molecule has 2 N–H and O–H groups in total. The van der Waals surface area contributed by atoms with Gasteiger partial charge in [-0.1, -0.05) is 29.8 Å². The van der Waals surface area contributed by atoms with Crippen LogP contribution in [0.1, 0.15) is 27.8 Å². The van der Waals surface area contributed by atoms with E-state index in [2.05, 4.69) is 24.4 Å². The third-order valence-electron chi connectivity index (χ3n) is 4.20. The second-order valence-electron chi connectivity index (χ2n) is 6.48. The van der Waals surface area contributed by atoms with Gasteiger partial charge in [-0.3, -0.25) is 4.79 Å². The van der Waals surface area contributed by atoms with Gasteiger partial charge in [-0.05, 0) is 61.6 Å². The van der Waals surface area contributed by atoms with Gasteiger partial charge < -0.3 is 15.2 Å². The van der Waals surface area contributed by atoms with E-state index in [0.717, 1.165) is 22.3 Å². The van der Waals surface area contributed by atoms with Crippen molar-refractivity contribution in [2.45, 2.75) is 33.6 Å². The Morgan fingerprint density at radius 2 is 1.65 bits per heavy atom. The standard InChI is InChI=1S/C21H25NO4/c1-14-10-15(2)19(16(3)11-14)12-20(23)22-9-8-17-4-6-18(7-5-17)26-13-21(24)25/h4-7,10-11H,8-9,12-13H2,1-3H3,(H,22,23)(H,24,25). The van der Waals surface area contributed by atoms with Gasteiger partial charge >= 0.3 is 5.97 Å². The van der Waals surface area contributed by atoms with E-state index in [1.165, 1.54) is 5.56 Å². The SMILES string of the molecule is Cc1cc(C)c(CC(=O)NCCc2ccc(OCC(=O)O)cc2)c(C)c1. The van der Waals surface area contributed by atoms with Crippen LogP contribution in [0.25, 0.3) is 0 Å². The second kappa shape index (κ2) is 9.04. The molecule has 5 nitrogen and oxygen atoms in total. The Labute approximate surface area is 154 Å². The van der Waals surface area contributed by atoms with E-state index in [0.29, 0.717) is 25.1 Å². The molecule has 0 saturated heterocycles. The summed E-state index contributed by atoms with van der Waals surface area (Å²) in [6.45, 7) is 6.33. The third kappa shape index (κ3) is 5.92. The monoisotopic (exact) mass is 355 g/mol. The van der Waals surface area contributed by atoms with Crippen LogP contribution in [0.4, 0.5) is 0 Å². The smallest absolute Gasteiger partial charge is 0.341 e. The number of carbonyl (C=O) groups excluding carboxylic acids is 1. The van der Waals surface area contributed by atoms with Crippen molar-refractivity contribution in [1.29, 1.82) is 0 Å². The van der Waals surface area contributed by atoms with E-state index in [1.54, 1.807) is 12.1 Å². The zero-order chi connectivity index (χ0) is 19.1. The number of nitrogens with one attached hydrogen (secondary N) is 1. The van der Waals surface area contributed by atoms with Gasteiger partial charge in [-0.15, -0.1) is 0 Å². The predicted octanol–water partition coefficient (Wildman–Crippen LogP) is 2.98. The molecule has 5 heteroatoms. The Bertz CT molecular complexity index is 758. The van der Waals surface area contributed by atoms with Crippen LogP contribution < -0.4 is 10.1 Å². The highest BCUT2D eigenvalue weighted by molar-refractivity contribution is 5.79. The largest absolute Gasteiger partial charge is 0.482 e. The Morgan fingerprint density at radius 3 is 2.23 bits per heavy atom. The first kappa shape index (κ1) is 19.5. The summed E-state index contributed by atoms with van der Waals surface area (Å²) in [4.78, 5) is 22.7. The van der Waals surface area contributed by atoms with E-state index in [1.807, 2.05) is 26.0 Å². The molecule has 0 heterocycles. The summed E-state index contributed by atoms with van der Waals surface area (Å²) in [5.41, 5.74) is 5.65. The molecule has 1 amide bonds. The molecule has 0 radical (unpaired) electrons. The number of carboxylic acid groups (broad SMARTS) is 1. The lowest BCUT2D eigenvalue weighted by Gasteiger charge is -2.12. The van der Waals surface area contributed by atoms with Gasteiger partial charge in [0.1, 0.15) is 5.75 Å². The van der Waals surface area contributed by atoms with Crippen LogP contribution >= 0.6 is 0 Å². The molecule has 0 aliphatic carbocycles. The minimum absolute atomic E-state index is 0.0152. The number of hydrogen-bond donors (Lipinski definition) is 2. The van der Waals surface area contributed by atoms with Crippen LogP contribution in [0, 0.1) is 20.8 Å². The maximum Gasteiger partial charge on any atom is 0.341 e. The molecule has 0 saturated carbocycles. The number of rotatable bonds is 8. The fraction of sp³-hybridized carbons (Fsp3) is 0.333. The highest BCUT2D eigenvalue weighted by atomic mass is 16.5. The summed E-state index contributed by atoms with van der Waals surface area (Å²) in [7, 11) is 0. The van der Waals surface area contributed by atoms with Crippen molar-refractivity contribution in [1.82, 2.24) is 5.32 Å². The number of aryl methyl sites for hydroxylation is 3. The number of carboxylic acids is 1. The highest BCUT2D eigenvalue weighted by Crippen LogP contribution is 2.17. The molecule has 138 valence electrons. The minimum atomic E-state index is -1.00. The molecule has 0 aromatic heterocycles. The summed E-state index contributed by atoms with van der Waals surface area (Å²) < 4.78 is 5.09. The molecule has 0 aliphatic heterocycles. The fourth-order valence-electron chi connectivity index (χ4n) is 2.96. The molecule has 0 fully saturated rings. The maximum atomic E-state index is 12.2. The molecule has 0 unspecified atom stereocenters. The Balaban J connectivity index is 1.80. The molecule has 26 heavy (non-hydrogen) atoms. The second-order valence-corrected chi connectivity index (χ2v) is 6.48. The summed E-state index contributed by atoms with van der Waals surface area (Å²) in [5.74, 6) is -0.470. The lowest BCUT2D eigenvalue weighted by Crippen LogP contribution is -2.27. The first-order valence-electron chi connectivity index (χ1n) is 8.62. The molecule has 0 spiro atoms. The molecule has 0 aliphatic rings. The fourth-order valence-corrected chi connectivity index (χ4v) is 2.96. The lowest BCUT2D eigenvalue weighted by atomic mass is 9.97. The van der Waals surface area contributed by atoms with Crippen LogP contribution in [0.3, 0.4) is 0 Å². The molecule has 2 rings (SSSR count). The van der Waals surface area contributed by atoms with E-state index in [4.69, 9.17) is 9.84 Å². The first-order chi connectivity index (χ1) is 12.3. The van der Waals surface area contributed by atoms with Crippen molar-refractivity contribution in [2.75, 3.05) is 13.2 Å². The molecule has 2 aromatic rings. The van der Waals surface area contributed by atoms with Gasteiger partial charge in [0.05, 0.1) is 6.42 Å². The quantitative estimate of drug-likeness (QED) is 0.763.